The van der Waals surface area contributed by atoms with Crippen molar-refractivity contribution >= 4 is 37.5 Å². The molecule has 1 atom stereocenters. The Bertz CT molecular complexity index is 1260. The minimum Gasteiger partial charge on any atom is -0.497 e. The monoisotopic (exact) mass is 562 g/mol. The van der Waals surface area contributed by atoms with E-state index in [1.165, 1.54) is 39.5 Å². The predicted molar refractivity (Wildman–Crippen MR) is 138 cm³/mol. The van der Waals surface area contributed by atoms with Crippen LogP contribution in [0.5, 0.6) is 17.2 Å². The summed E-state index contributed by atoms with van der Waals surface area (Å²) in [4.78, 5) is 13.0. The highest BCUT2D eigenvalue weighted by Crippen LogP contribution is 2.32. The van der Waals surface area contributed by atoms with Crippen molar-refractivity contribution in [1.29, 1.82) is 0 Å². The average Bonchev–Trinajstić information content (AvgIpc) is 2.87. The first-order valence-corrected chi connectivity index (χ1v) is 12.9. The zero-order chi connectivity index (χ0) is 25.6. The van der Waals surface area contributed by atoms with E-state index in [9.17, 15) is 13.2 Å². The highest BCUT2D eigenvalue weighted by molar-refractivity contribution is 9.10. The Morgan fingerprint density at radius 2 is 1.54 bits per heavy atom. The number of sulfonamides is 1. The fourth-order valence-electron chi connectivity index (χ4n) is 3.42. The lowest BCUT2D eigenvalue weighted by Crippen LogP contribution is -2.41. The van der Waals surface area contributed by atoms with Crippen molar-refractivity contribution in [3.63, 3.8) is 0 Å². The van der Waals surface area contributed by atoms with E-state index in [0.29, 0.717) is 17.2 Å². The third-order valence-electron chi connectivity index (χ3n) is 5.34. The van der Waals surface area contributed by atoms with Gasteiger partial charge in [-0.15, -0.1) is 0 Å². The summed E-state index contributed by atoms with van der Waals surface area (Å²) in [6.07, 6.45) is 0. The van der Waals surface area contributed by atoms with Crippen molar-refractivity contribution in [2.75, 3.05) is 32.2 Å². The van der Waals surface area contributed by atoms with Crippen LogP contribution in [0.2, 0.25) is 0 Å². The number of halogens is 1. The van der Waals surface area contributed by atoms with Crippen LogP contribution in [0.15, 0.2) is 76.1 Å². The second-order valence-electron chi connectivity index (χ2n) is 7.57. The van der Waals surface area contributed by atoms with E-state index >= 15 is 0 Å². The lowest BCUT2D eigenvalue weighted by atomic mass is 10.1. The van der Waals surface area contributed by atoms with Crippen molar-refractivity contribution in [2.45, 2.75) is 17.9 Å². The summed E-state index contributed by atoms with van der Waals surface area (Å²) < 4.78 is 45.0. The number of carbonyl (C=O) groups is 1. The molecule has 0 saturated carbocycles. The molecule has 0 spiro atoms. The number of amides is 1. The molecule has 0 aromatic heterocycles. The van der Waals surface area contributed by atoms with Crippen molar-refractivity contribution in [2.24, 2.45) is 0 Å². The molecule has 3 rings (SSSR count). The summed E-state index contributed by atoms with van der Waals surface area (Å²) >= 11 is 3.39. The number of methoxy groups -OCH3 is 3. The van der Waals surface area contributed by atoms with E-state index in [2.05, 4.69) is 21.2 Å². The highest BCUT2D eigenvalue weighted by Gasteiger charge is 2.29. The second kappa shape index (κ2) is 11.5. The Hall–Kier alpha value is -3.24. The molecule has 1 unspecified atom stereocenters. The van der Waals surface area contributed by atoms with Gasteiger partial charge in [-0.2, -0.15) is 0 Å². The standard InChI is InChI=1S/C25H27BrN2O6S/c1-17(18-5-7-19(26)8-6-18)27-25(29)16-28(20-9-11-21(32-2)12-10-20)35(30,31)22-13-14-23(33-3)24(15-22)34-4/h5-15,17H,16H2,1-4H3,(H,27,29). The fourth-order valence-corrected chi connectivity index (χ4v) is 5.12. The summed E-state index contributed by atoms with van der Waals surface area (Å²) in [5.41, 5.74) is 1.20. The summed E-state index contributed by atoms with van der Waals surface area (Å²) in [6.45, 7) is 1.41. The number of nitrogens with one attached hydrogen (secondary N) is 1. The number of anilines is 1. The summed E-state index contributed by atoms with van der Waals surface area (Å²) in [6, 6.07) is 17.9. The van der Waals surface area contributed by atoms with Gasteiger partial charge in [-0.1, -0.05) is 28.1 Å². The van der Waals surface area contributed by atoms with Gasteiger partial charge in [0.2, 0.25) is 5.91 Å². The van der Waals surface area contributed by atoms with Gasteiger partial charge in [-0.05, 0) is 61.0 Å². The zero-order valence-corrected chi connectivity index (χ0v) is 22.2. The van der Waals surface area contributed by atoms with Crippen LogP contribution >= 0.6 is 15.9 Å². The maximum Gasteiger partial charge on any atom is 0.264 e. The van der Waals surface area contributed by atoms with Crippen molar-refractivity contribution < 1.29 is 27.4 Å². The topological polar surface area (TPSA) is 94.2 Å². The molecule has 0 bridgehead atoms. The molecule has 0 aliphatic heterocycles. The smallest absolute Gasteiger partial charge is 0.264 e. The van der Waals surface area contributed by atoms with Gasteiger partial charge in [-0.3, -0.25) is 9.10 Å². The number of rotatable bonds is 10. The van der Waals surface area contributed by atoms with E-state index < -0.39 is 22.5 Å². The SMILES string of the molecule is COc1ccc(N(CC(=O)NC(C)c2ccc(Br)cc2)S(=O)(=O)c2ccc(OC)c(OC)c2)cc1. The molecule has 0 saturated heterocycles. The van der Waals surface area contributed by atoms with Crippen molar-refractivity contribution in [3.8, 4) is 17.2 Å². The molecule has 0 radical (unpaired) electrons. The van der Waals surface area contributed by atoms with E-state index in [-0.39, 0.29) is 16.7 Å². The minimum atomic E-state index is -4.14. The van der Waals surface area contributed by atoms with Gasteiger partial charge in [0.1, 0.15) is 12.3 Å². The van der Waals surface area contributed by atoms with Gasteiger partial charge >= 0.3 is 0 Å². The Morgan fingerprint density at radius 1 is 0.914 bits per heavy atom. The lowest BCUT2D eigenvalue weighted by molar-refractivity contribution is -0.120. The van der Waals surface area contributed by atoms with E-state index in [1.54, 1.807) is 24.3 Å². The van der Waals surface area contributed by atoms with E-state index in [1.807, 2.05) is 31.2 Å². The van der Waals surface area contributed by atoms with Crippen LogP contribution in [-0.4, -0.2) is 42.2 Å². The molecular formula is C25H27BrN2O6S. The number of ether oxygens (including phenoxy) is 3. The molecule has 1 amide bonds. The maximum atomic E-state index is 13.7. The Labute approximate surface area is 214 Å². The Balaban J connectivity index is 1.94. The first-order chi connectivity index (χ1) is 16.7. The van der Waals surface area contributed by atoms with Gasteiger partial charge < -0.3 is 19.5 Å². The highest BCUT2D eigenvalue weighted by atomic mass is 79.9. The third kappa shape index (κ3) is 6.26. The van der Waals surface area contributed by atoms with Crippen LogP contribution in [0.4, 0.5) is 5.69 Å². The molecule has 8 nitrogen and oxygen atoms in total. The summed E-state index contributed by atoms with van der Waals surface area (Å²) in [5.74, 6) is 0.755. The van der Waals surface area contributed by atoms with Crippen LogP contribution in [0, 0.1) is 0 Å². The first-order valence-electron chi connectivity index (χ1n) is 10.6. The van der Waals surface area contributed by atoms with Crippen molar-refractivity contribution in [3.05, 3.63) is 76.8 Å². The molecule has 0 fully saturated rings. The van der Waals surface area contributed by atoms with E-state index in [0.717, 1.165) is 14.3 Å². The molecule has 10 heteroatoms. The number of hydrogen-bond acceptors (Lipinski definition) is 6. The average molecular weight is 563 g/mol. The number of hydrogen-bond donors (Lipinski definition) is 1. The van der Waals surface area contributed by atoms with Crippen molar-refractivity contribution in [1.82, 2.24) is 5.32 Å². The first kappa shape index (κ1) is 26.4. The molecule has 186 valence electrons. The van der Waals surface area contributed by atoms with Gasteiger partial charge in [0.25, 0.3) is 10.0 Å². The molecule has 0 heterocycles. The van der Waals surface area contributed by atoms with Crippen LogP contribution in [0.1, 0.15) is 18.5 Å². The molecule has 3 aromatic rings. The van der Waals surface area contributed by atoms with Gasteiger partial charge in [-0.25, -0.2) is 8.42 Å². The maximum absolute atomic E-state index is 13.7. The minimum absolute atomic E-state index is 0.0419. The molecule has 1 N–H and O–H groups in total. The van der Waals surface area contributed by atoms with Gasteiger partial charge in [0.15, 0.2) is 11.5 Å². The largest absolute Gasteiger partial charge is 0.497 e. The van der Waals surface area contributed by atoms with Crippen LogP contribution in [-0.2, 0) is 14.8 Å². The quantitative estimate of drug-likeness (QED) is 0.389. The molecule has 35 heavy (non-hydrogen) atoms. The Kier molecular flexibility index (Phi) is 8.63. The summed E-state index contributed by atoms with van der Waals surface area (Å²) in [7, 11) is 0.263. The lowest BCUT2D eigenvalue weighted by Gasteiger charge is -2.25. The van der Waals surface area contributed by atoms with Crippen LogP contribution < -0.4 is 23.8 Å². The molecule has 3 aromatic carbocycles. The number of nitrogens with zero attached hydrogens (tertiary/aromatic N) is 1. The zero-order valence-electron chi connectivity index (χ0n) is 19.8. The van der Waals surface area contributed by atoms with Crippen LogP contribution in [0.25, 0.3) is 0 Å². The number of carbonyl (C=O) groups excluding carboxylic acids is 1. The predicted octanol–water partition coefficient (Wildman–Crippen LogP) is 4.55. The van der Waals surface area contributed by atoms with Crippen LogP contribution in [0.3, 0.4) is 0 Å². The fraction of sp³-hybridized carbons (Fsp3) is 0.240. The molecule has 0 aliphatic rings. The Morgan fingerprint density at radius 3 is 2.11 bits per heavy atom. The molecular weight excluding hydrogens is 536 g/mol. The summed E-state index contributed by atoms with van der Waals surface area (Å²) in [5, 5.41) is 2.87. The van der Waals surface area contributed by atoms with E-state index in [4.69, 9.17) is 14.2 Å². The number of benzene rings is 3. The van der Waals surface area contributed by atoms with Gasteiger partial charge in [0.05, 0.1) is 38.0 Å². The molecule has 0 aliphatic carbocycles. The normalized spacial score (nSPS) is 11.9. The second-order valence-corrected chi connectivity index (χ2v) is 10.3. The van der Waals surface area contributed by atoms with Gasteiger partial charge in [0, 0.05) is 10.5 Å². The third-order valence-corrected chi connectivity index (χ3v) is 7.64.